The van der Waals surface area contributed by atoms with E-state index < -0.39 is 35.7 Å². The fourth-order valence-electron chi connectivity index (χ4n) is 2.05. The first-order chi connectivity index (χ1) is 9.83. The number of rotatable bonds is 7. The van der Waals surface area contributed by atoms with Crippen molar-refractivity contribution in [3.05, 3.63) is 0 Å². The van der Waals surface area contributed by atoms with E-state index in [0.29, 0.717) is 0 Å². The van der Waals surface area contributed by atoms with Gasteiger partial charge in [0.15, 0.2) is 5.92 Å². The summed E-state index contributed by atoms with van der Waals surface area (Å²) in [6.45, 7) is 1.46. The molecule has 3 N–H and O–H groups in total. The van der Waals surface area contributed by atoms with Crippen LogP contribution in [0, 0.1) is 17.8 Å². The van der Waals surface area contributed by atoms with Crippen LogP contribution in [-0.2, 0) is 28.7 Å². The van der Waals surface area contributed by atoms with Gasteiger partial charge in [-0.1, -0.05) is 6.92 Å². The molecule has 8 nitrogen and oxygen atoms in total. The molecule has 0 aromatic rings. The maximum absolute atomic E-state index is 11.8. The van der Waals surface area contributed by atoms with Gasteiger partial charge in [-0.2, -0.15) is 0 Å². The molecule has 0 bridgehead atoms. The zero-order chi connectivity index (χ0) is 16.2. The Bertz CT molecular complexity index is 430. The smallest absolute Gasteiger partial charge is 0.320 e. The quantitative estimate of drug-likeness (QED) is 0.457. The monoisotopic (exact) mass is 300 g/mol. The standard InChI is InChI=1S/C13H20N2O6/c1-6(8(12(18)20-2)13(19)21-3)9(10(14)16)15-11(17)7-4-5-7/h6-9H,4-5H2,1-3H3,(H2,14,16)(H,15,17)/t6-,9-/m1/s1. The number of amides is 2. The Hall–Kier alpha value is -2.12. The molecule has 0 aromatic heterocycles. The molecule has 1 rings (SSSR count). The van der Waals surface area contributed by atoms with Gasteiger partial charge in [0, 0.05) is 11.8 Å². The van der Waals surface area contributed by atoms with E-state index in [2.05, 4.69) is 14.8 Å². The third-order valence-corrected chi connectivity index (χ3v) is 3.51. The van der Waals surface area contributed by atoms with Gasteiger partial charge in [-0.15, -0.1) is 0 Å². The molecule has 0 heterocycles. The topological polar surface area (TPSA) is 125 Å². The van der Waals surface area contributed by atoms with Gasteiger partial charge in [-0.25, -0.2) is 0 Å². The normalized spacial score (nSPS) is 16.8. The van der Waals surface area contributed by atoms with Crippen LogP contribution in [0.3, 0.4) is 0 Å². The number of ether oxygens (including phenoxy) is 2. The average Bonchev–Trinajstić information content (AvgIpc) is 3.27. The molecule has 0 radical (unpaired) electrons. The summed E-state index contributed by atoms with van der Waals surface area (Å²) in [6.07, 6.45) is 1.51. The molecule has 1 saturated carbocycles. The van der Waals surface area contributed by atoms with Crippen molar-refractivity contribution in [1.82, 2.24) is 5.32 Å². The third-order valence-electron chi connectivity index (χ3n) is 3.51. The van der Waals surface area contributed by atoms with E-state index in [0.717, 1.165) is 27.1 Å². The molecule has 1 aliphatic rings. The van der Waals surface area contributed by atoms with E-state index >= 15 is 0 Å². The van der Waals surface area contributed by atoms with Crippen LogP contribution in [0.15, 0.2) is 0 Å². The van der Waals surface area contributed by atoms with Gasteiger partial charge in [-0.3, -0.25) is 19.2 Å². The van der Waals surface area contributed by atoms with E-state index in [9.17, 15) is 19.2 Å². The van der Waals surface area contributed by atoms with Gasteiger partial charge in [0.1, 0.15) is 6.04 Å². The second kappa shape index (κ2) is 7.05. The molecule has 2 amide bonds. The molecule has 0 aromatic carbocycles. The largest absolute Gasteiger partial charge is 0.468 e. The van der Waals surface area contributed by atoms with E-state index in [4.69, 9.17) is 5.73 Å². The minimum absolute atomic E-state index is 0.131. The number of primary amides is 1. The number of carbonyl (C=O) groups is 4. The first-order valence-corrected chi connectivity index (χ1v) is 6.58. The lowest BCUT2D eigenvalue weighted by Gasteiger charge is -2.26. The van der Waals surface area contributed by atoms with Gasteiger partial charge in [-0.05, 0) is 12.8 Å². The van der Waals surface area contributed by atoms with Crippen molar-refractivity contribution in [1.29, 1.82) is 0 Å². The van der Waals surface area contributed by atoms with E-state index in [1.54, 1.807) is 0 Å². The lowest BCUT2D eigenvalue weighted by molar-refractivity contribution is -0.162. The first-order valence-electron chi connectivity index (χ1n) is 6.58. The van der Waals surface area contributed by atoms with Crippen LogP contribution >= 0.6 is 0 Å². The second-order valence-corrected chi connectivity index (χ2v) is 5.05. The lowest BCUT2D eigenvalue weighted by Crippen LogP contribution is -2.53. The summed E-state index contributed by atoms with van der Waals surface area (Å²) < 4.78 is 9.09. The summed E-state index contributed by atoms with van der Waals surface area (Å²) in [6, 6.07) is -1.15. The van der Waals surface area contributed by atoms with Crippen LogP contribution in [0.1, 0.15) is 19.8 Å². The predicted octanol–water partition coefficient (Wildman–Crippen LogP) is -1.04. The van der Waals surface area contributed by atoms with Gasteiger partial charge < -0.3 is 20.5 Å². The minimum atomic E-state index is -1.34. The summed E-state index contributed by atoms with van der Waals surface area (Å²) in [5.74, 6) is -5.17. The Kier molecular flexibility index (Phi) is 5.69. The summed E-state index contributed by atoms with van der Waals surface area (Å²) in [4.78, 5) is 46.8. The Morgan fingerprint density at radius 2 is 1.57 bits per heavy atom. The average molecular weight is 300 g/mol. The van der Waals surface area contributed by atoms with E-state index in [-0.39, 0.29) is 11.8 Å². The second-order valence-electron chi connectivity index (χ2n) is 5.05. The molecule has 0 aliphatic heterocycles. The van der Waals surface area contributed by atoms with Gasteiger partial charge in [0.05, 0.1) is 14.2 Å². The zero-order valence-corrected chi connectivity index (χ0v) is 12.3. The van der Waals surface area contributed by atoms with Gasteiger partial charge >= 0.3 is 11.9 Å². The first kappa shape index (κ1) is 16.9. The van der Waals surface area contributed by atoms with Crippen molar-refractivity contribution < 1.29 is 28.7 Å². The molecule has 118 valence electrons. The number of esters is 2. The number of carbonyl (C=O) groups excluding carboxylic acids is 4. The molecule has 1 fully saturated rings. The van der Waals surface area contributed by atoms with Crippen LogP contribution in [0.25, 0.3) is 0 Å². The molecule has 2 atom stereocenters. The highest BCUT2D eigenvalue weighted by Crippen LogP contribution is 2.29. The van der Waals surface area contributed by atoms with Crippen molar-refractivity contribution in [3.8, 4) is 0 Å². The Morgan fingerprint density at radius 1 is 1.10 bits per heavy atom. The molecule has 8 heteroatoms. The summed E-state index contributed by atoms with van der Waals surface area (Å²) in [5, 5.41) is 2.49. The van der Waals surface area contributed by atoms with Crippen molar-refractivity contribution in [2.75, 3.05) is 14.2 Å². The Balaban J connectivity index is 2.91. The van der Waals surface area contributed by atoms with Crippen molar-refractivity contribution in [3.63, 3.8) is 0 Å². The molecule has 1 aliphatic carbocycles. The molecule has 0 unspecified atom stereocenters. The van der Waals surface area contributed by atoms with Crippen LogP contribution < -0.4 is 11.1 Å². The molecule has 21 heavy (non-hydrogen) atoms. The van der Waals surface area contributed by atoms with Gasteiger partial charge in [0.25, 0.3) is 0 Å². The number of nitrogens with two attached hydrogens (primary N) is 1. The zero-order valence-electron chi connectivity index (χ0n) is 12.3. The fraction of sp³-hybridized carbons (Fsp3) is 0.692. The summed E-state index contributed by atoms with van der Waals surface area (Å²) in [5.41, 5.74) is 5.27. The lowest BCUT2D eigenvalue weighted by atomic mass is 9.86. The van der Waals surface area contributed by atoms with E-state index in [1.165, 1.54) is 6.92 Å². The van der Waals surface area contributed by atoms with Crippen molar-refractivity contribution >= 4 is 23.8 Å². The number of methoxy groups -OCH3 is 2. The highest BCUT2D eigenvalue weighted by atomic mass is 16.5. The van der Waals surface area contributed by atoms with Gasteiger partial charge in [0.2, 0.25) is 11.8 Å². The van der Waals surface area contributed by atoms with E-state index in [1.807, 2.05) is 0 Å². The minimum Gasteiger partial charge on any atom is -0.468 e. The number of nitrogens with one attached hydrogen (secondary N) is 1. The third kappa shape index (κ3) is 4.17. The highest BCUT2D eigenvalue weighted by molar-refractivity contribution is 5.97. The number of hydrogen-bond donors (Lipinski definition) is 2. The molecular weight excluding hydrogens is 280 g/mol. The van der Waals surface area contributed by atoms with Crippen LogP contribution in [0.4, 0.5) is 0 Å². The summed E-state index contributed by atoms with van der Waals surface area (Å²) in [7, 11) is 2.24. The Morgan fingerprint density at radius 3 is 1.90 bits per heavy atom. The fourth-order valence-corrected chi connectivity index (χ4v) is 2.05. The van der Waals surface area contributed by atoms with Crippen molar-refractivity contribution in [2.45, 2.75) is 25.8 Å². The number of hydrogen-bond acceptors (Lipinski definition) is 6. The van der Waals surface area contributed by atoms with Crippen LogP contribution in [-0.4, -0.2) is 44.0 Å². The SMILES string of the molecule is COC(=O)C(C(=O)OC)[C@@H](C)[C@@H](NC(=O)C1CC1)C(N)=O. The van der Waals surface area contributed by atoms with Crippen LogP contribution in [0.5, 0.6) is 0 Å². The molecule has 0 saturated heterocycles. The summed E-state index contributed by atoms with van der Waals surface area (Å²) >= 11 is 0. The molecule has 0 spiro atoms. The maximum atomic E-state index is 11.8. The maximum Gasteiger partial charge on any atom is 0.320 e. The molecular formula is C13H20N2O6. The highest BCUT2D eigenvalue weighted by Gasteiger charge is 2.42. The van der Waals surface area contributed by atoms with Crippen molar-refractivity contribution in [2.24, 2.45) is 23.5 Å². The Labute approximate surface area is 122 Å². The predicted molar refractivity (Wildman–Crippen MR) is 70.5 cm³/mol. The van der Waals surface area contributed by atoms with Crippen LogP contribution in [0.2, 0.25) is 0 Å².